The van der Waals surface area contributed by atoms with Gasteiger partial charge in [-0.15, -0.1) is 0 Å². The fraction of sp³-hybridized carbons (Fsp3) is 0.471. The maximum absolute atomic E-state index is 13.1. The molecule has 3 aliphatic heterocycles. The minimum atomic E-state index is 0.117. The highest BCUT2D eigenvalue weighted by Crippen LogP contribution is 2.42. The Morgan fingerprint density at radius 3 is 3.00 bits per heavy atom. The van der Waals surface area contributed by atoms with E-state index in [1.807, 2.05) is 6.07 Å². The molecule has 0 saturated carbocycles. The van der Waals surface area contributed by atoms with Crippen molar-refractivity contribution in [2.24, 2.45) is 0 Å². The quantitative estimate of drug-likeness (QED) is 0.805. The van der Waals surface area contributed by atoms with Crippen molar-refractivity contribution in [1.29, 1.82) is 0 Å². The number of carbonyl (C=O) groups is 1. The van der Waals surface area contributed by atoms with Gasteiger partial charge in [-0.25, -0.2) is 0 Å². The second kappa shape index (κ2) is 3.89. The van der Waals surface area contributed by atoms with Crippen LogP contribution in [0.1, 0.15) is 35.3 Å². The first-order chi connectivity index (χ1) is 10.3. The van der Waals surface area contributed by atoms with Gasteiger partial charge in [0.05, 0.1) is 5.54 Å². The highest BCUT2D eigenvalue weighted by atomic mass is 16.2. The van der Waals surface area contributed by atoms with Crippen molar-refractivity contribution in [3.8, 4) is 0 Å². The normalized spacial score (nSPS) is 31.1. The van der Waals surface area contributed by atoms with E-state index >= 15 is 0 Å². The van der Waals surface area contributed by atoms with Crippen LogP contribution in [0, 0.1) is 0 Å². The third kappa shape index (κ3) is 1.46. The number of para-hydroxylation sites is 1. The molecule has 1 N–H and O–H groups in total. The van der Waals surface area contributed by atoms with Crippen molar-refractivity contribution < 1.29 is 4.79 Å². The average Bonchev–Trinajstić information content (AvgIpc) is 3.18. The van der Waals surface area contributed by atoms with Gasteiger partial charge in [0.15, 0.2) is 0 Å². The van der Waals surface area contributed by atoms with Gasteiger partial charge in [0, 0.05) is 42.6 Å². The Balaban J connectivity index is 1.75. The Kier molecular flexibility index (Phi) is 2.19. The number of carbonyl (C=O) groups excluding carboxylic acids is 1. The van der Waals surface area contributed by atoms with E-state index in [1.54, 1.807) is 0 Å². The van der Waals surface area contributed by atoms with Crippen LogP contribution in [0.3, 0.4) is 0 Å². The lowest BCUT2D eigenvalue weighted by molar-refractivity contribution is 0.0583. The molecule has 0 aliphatic carbocycles. The van der Waals surface area contributed by atoms with Gasteiger partial charge in [-0.1, -0.05) is 18.2 Å². The number of aromatic amines is 1. The van der Waals surface area contributed by atoms with Crippen LogP contribution in [0.25, 0.3) is 10.9 Å². The van der Waals surface area contributed by atoms with Gasteiger partial charge in [0.25, 0.3) is 5.91 Å². The van der Waals surface area contributed by atoms with Crippen LogP contribution in [-0.2, 0) is 6.54 Å². The monoisotopic (exact) mass is 281 g/mol. The fourth-order valence-corrected chi connectivity index (χ4v) is 4.66. The molecule has 21 heavy (non-hydrogen) atoms. The van der Waals surface area contributed by atoms with E-state index in [9.17, 15) is 4.79 Å². The number of amides is 1. The second-order valence-corrected chi connectivity index (χ2v) is 6.77. The van der Waals surface area contributed by atoms with Crippen molar-refractivity contribution in [2.75, 3.05) is 19.6 Å². The number of benzene rings is 1. The molecular weight excluding hydrogens is 262 g/mol. The van der Waals surface area contributed by atoms with E-state index in [2.05, 4.69) is 33.0 Å². The van der Waals surface area contributed by atoms with Crippen molar-refractivity contribution in [1.82, 2.24) is 14.8 Å². The summed E-state index contributed by atoms with van der Waals surface area (Å²) in [4.78, 5) is 21.2. The Hall–Kier alpha value is -1.81. The van der Waals surface area contributed by atoms with Crippen LogP contribution in [0.15, 0.2) is 24.3 Å². The van der Waals surface area contributed by atoms with Gasteiger partial charge in [-0.2, -0.15) is 0 Å². The minimum absolute atomic E-state index is 0.117. The zero-order valence-corrected chi connectivity index (χ0v) is 12.1. The van der Waals surface area contributed by atoms with Crippen LogP contribution in [0.5, 0.6) is 0 Å². The van der Waals surface area contributed by atoms with E-state index in [4.69, 9.17) is 0 Å². The number of rotatable bonds is 0. The molecule has 2 aromatic rings. The number of nitrogens with one attached hydrogen (secondary N) is 1. The molecule has 2 saturated heterocycles. The number of fused-ring (bicyclic) bond motifs is 4. The summed E-state index contributed by atoms with van der Waals surface area (Å²) in [6.07, 6.45) is 3.46. The third-order valence-electron chi connectivity index (χ3n) is 5.66. The number of H-pyrrole nitrogens is 1. The summed E-state index contributed by atoms with van der Waals surface area (Å²) in [7, 11) is 0. The standard InChI is InChI=1S/C17H19N3O/c21-16-15-13(12-4-1-2-5-14(12)18-15)10-19-9-7-17(11-19)6-3-8-20(16)17/h1-2,4-5,18H,3,6-11H2. The number of hydrogen-bond acceptors (Lipinski definition) is 2. The number of hydrogen-bond donors (Lipinski definition) is 1. The molecule has 4 heterocycles. The van der Waals surface area contributed by atoms with Crippen LogP contribution in [0.4, 0.5) is 0 Å². The molecule has 1 aromatic heterocycles. The lowest BCUT2D eigenvalue weighted by atomic mass is 9.94. The SMILES string of the molecule is O=C1c2[nH]c3ccccc3c2CN2CCC3(CCCN13)C2. The molecule has 2 bridgehead atoms. The molecule has 2 atom stereocenters. The molecule has 4 nitrogen and oxygen atoms in total. The number of nitrogens with zero attached hydrogens (tertiary/aromatic N) is 2. The van der Waals surface area contributed by atoms with E-state index < -0.39 is 0 Å². The first kappa shape index (κ1) is 11.8. The van der Waals surface area contributed by atoms with Crippen molar-refractivity contribution in [2.45, 2.75) is 31.3 Å². The molecule has 3 aliphatic rings. The van der Waals surface area contributed by atoms with Gasteiger partial charge < -0.3 is 9.88 Å². The summed E-state index contributed by atoms with van der Waals surface area (Å²) in [5.41, 5.74) is 3.22. The molecule has 4 heteroatoms. The van der Waals surface area contributed by atoms with Crippen LogP contribution < -0.4 is 0 Å². The second-order valence-electron chi connectivity index (χ2n) is 6.77. The summed E-state index contributed by atoms with van der Waals surface area (Å²) in [6.45, 7) is 3.99. The summed E-state index contributed by atoms with van der Waals surface area (Å²) >= 11 is 0. The van der Waals surface area contributed by atoms with E-state index in [1.165, 1.54) is 17.4 Å². The highest BCUT2D eigenvalue weighted by molar-refractivity contribution is 6.01. The predicted molar refractivity (Wildman–Crippen MR) is 81.2 cm³/mol. The molecule has 0 radical (unpaired) electrons. The zero-order valence-electron chi connectivity index (χ0n) is 12.1. The van der Waals surface area contributed by atoms with Gasteiger partial charge in [-0.05, 0) is 25.3 Å². The number of aromatic nitrogens is 1. The van der Waals surface area contributed by atoms with Crippen molar-refractivity contribution >= 4 is 16.8 Å². The van der Waals surface area contributed by atoms with Crippen LogP contribution in [0.2, 0.25) is 0 Å². The van der Waals surface area contributed by atoms with Gasteiger partial charge in [0.1, 0.15) is 5.69 Å². The molecule has 108 valence electrons. The molecule has 1 aromatic carbocycles. The summed E-state index contributed by atoms with van der Waals surface area (Å²) in [5.74, 6) is 0.222. The smallest absolute Gasteiger partial charge is 0.271 e. The first-order valence-corrected chi connectivity index (χ1v) is 7.91. The minimum Gasteiger partial charge on any atom is -0.350 e. The Morgan fingerprint density at radius 2 is 2.05 bits per heavy atom. The van der Waals surface area contributed by atoms with Gasteiger partial charge in [0.2, 0.25) is 0 Å². The van der Waals surface area contributed by atoms with E-state index in [-0.39, 0.29) is 11.4 Å². The lowest BCUT2D eigenvalue weighted by Gasteiger charge is -2.36. The van der Waals surface area contributed by atoms with Crippen molar-refractivity contribution in [3.63, 3.8) is 0 Å². The maximum Gasteiger partial charge on any atom is 0.271 e. The Morgan fingerprint density at radius 1 is 1.14 bits per heavy atom. The van der Waals surface area contributed by atoms with Gasteiger partial charge in [-0.3, -0.25) is 9.69 Å². The molecule has 5 rings (SSSR count). The average molecular weight is 281 g/mol. The predicted octanol–water partition coefficient (Wildman–Crippen LogP) is 2.36. The molecular formula is C17H19N3O. The van der Waals surface area contributed by atoms with E-state index in [0.29, 0.717) is 0 Å². The first-order valence-electron chi connectivity index (χ1n) is 7.91. The summed E-state index contributed by atoms with van der Waals surface area (Å²) in [6, 6.07) is 8.29. The molecule has 2 unspecified atom stereocenters. The Labute approximate surface area is 123 Å². The third-order valence-corrected chi connectivity index (χ3v) is 5.66. The zero-order chi connectivity index (χ0) is 14.0. The topological polar surface area (TPSA) is 39.3 Å². The molecule has 1 amide bonds. The molecule has 2 fully saturated rings. The highest BCUT2D eigenvalue weighted by Gasteiger charge is 2.50. The van der Waals surface area contributed by atoms with E-state index in [0.717, 1.165) is 50.2 Å². The fourth-order valence-electron chi connectivity index (χ4n) is 4.66. The largest absolute Gasteiger partial charge is 0.350 e. The van der Waals surface area contributed by atoms with Crippen LogP contribution in [-0.4, -0.2) is 45.9 Å². The van der Waals surface area contributed by atoms with Crippen molar-refractivity contribution in [3.05, 3.63) is 35.5 Å². The lowest BCUT2D eigenvalue weighted by Crippen LogP contribution is -2.50. The molecule has 1 spiro atoms. The summed E-state index contributed by atoms with van der Waals surface area (Å²) in [5, 5.41) is 1.21. The van der Waals surface area contributed by atoms with Crippen LogP contribution >= 0.6 is 0 Å². The maximum atomic E-state index is 13.1. The summed E-state index contributed by atoms with van der Waals surface area (Å²) < 4.78 is 0. The van der Waals surface area contributed by atoms with Gasteiger partial charge >= 0.3 is 0 Å². The Bertz CT molecular complexity index is 750.